The Morgan fingerprint density at radius 2 is 2.06 bits per heavy atom. The first kappa shape index (κ1) is 12.0. The Balaban J connectivity index is 1.97. The van der Waals surface area contributed by atoms with E-state index in [1.165, 1.54) is 0 Å². The maximum Gasteiger partial charge on any atom is 0.124 e. The summed E-state index contributed by atoms with van der Waals surface area (Å²) in [6, 6.07) is 0. The fourth-order valence-electron chi connectivity index (χ4n) is 2.91. The molecule has 0 bridgehead atoms. The van der Waals surface area contributed by atoms with E-state index in [0.717, 1.165) is 62.7 Å². The van der Waals surface area contributed by atoms with Crippen LogP contribution in [0.1, 0.15) is 52.4 Å². The summed E-state index contributed by atoms with van der Waals surface area (Å²) in [5, 5.41) is 10.6. The third-order valence-electron chi connectivity index (χ3n) is 4.19. The number of rotatable bonds is 2. The van der Waals surface area contributed by atoms with Crippen LogP contribution in [0.2, 0.25) is 0 Å². The summed E-state index contributed by atoms with van der Waals surface area (Å²) in [7, 11) is 0. The van der Waals surface area contributed by atoms with E-state index >= 15 is 0 Å². The van der Waals surface area contributed by atoms with Crippen LogP contribution in [0.5, 0.6) is 0 Å². The molecule has 0 aromatic heterocycles. The molecule has 0 amide bonds. The van der Waals surface area contributed by atoms with E-state index in [1.54, 1.807) is 0 Å². The van der Waals surface area contributed by atoms with E-state index in [1.807, 2.05) is 0 Å². The van der Waals surface area contributed by atoms with E-state index in [0.29, 0.717) is 0 Å². The molecule has 0 spiro atoms. The van der Waals surface area contributed by atoms with Gasteiger partial charge in [-0.15, -0.1) is 0 Å². The summed E-state index contributed by atoms with van der Waals surface area (Å²) in [5.41, 5.74) is -0.647. The fourth-order valence-corrected chi connectivity index (χ4v) is 2.91. The molecule has 0 aromatic rings. The molecule has 0 unspecified atom stereocenters. The van der Waals surface area contributed by atoms with Crippen LogP contribution in [-0.2, 0) is 4.74 Å². The van der Waals surface area contributed by atoms with Crippen LogP contribution >= 0.6 is 0 Å². The molecule has 1 N–H and O–H groups in total. The van der Waals surface area contributed by atoms with Gasteiger partial charge in [-0.3, -0.25) is 0 Å². The minimum absolute atomic E-state index is 0.647. The Bertz CT molecular complexity index is 260. The van der Waals surface area contributed by atoms with Crippen molar-refractivity contribution in [2.24, 2.45) is 11.8 Å². The Kier molecular flexibility index (Phi) is 3.58. The third-order valence-corrected chi connectivity index (χ3v) is 4.19. The van der Waals surface area contributed by atoms with Crippen LogP contribution in [0, 0.1) is 11.8 Å². The van der Waals surface area contributed by atoms with Gasteiger partial charge < -0.3 is 9.84 Å². The van der Waals surface area contributed by atoms with Crippen LogP contribution in [-0.4, -0.2) is 17.3 Å². The van der Waals surface area contributed by atoms with Crippen molar-refractivity contribution in [1.29, 1.82) is 0 Å². The molecule has 1 aliphatic heterocycles. The molecule has 2 nitrogen and oxygen atoms in total. The van der Waals surface area contributed by atoms with Gasteiger partial charge in [0.15, 0.2) is 0 Å². The lowest BCUT2D eigenvalue weighted by molar-refractivity contribution is -0.0357. The Morgan fingerprint density at radius 3 is 2.56 bits per heavy atom. The van der Waals surface area contributed by atoms with Crippen molar-refractivity contribution in [3.63, 3.8) is 0 Å². The molecule has 1 fully saturated rings. The summed E-state index contributed by atoms with van der Waals surface area (Å²) in [6.45, 7) is 5.35. The van der Waals surface area contributed by atoms with Crippen molar-refractivity contribution in [1.82, 2.24) is 0 Å². The van der Waals surface area contributed by atoms with Crippen molar-refractivity contribution in [2.45, 2.75) is 58.0 Å². The zero-order valence-corrected chi connectivity index (χ0v) is 10.5. The van der Waals surface area contributed by atoms with Crippen LogP contribution in [0.25, 0.3) is 0 Å². The van der Waals surface area contributed by atoms with Crippen LogP contribution in [0.15, 0.2) is 11.8 Å². The minimum atomic E-state index is -0.647. The fraction of sp³-hybridized carbons (Fsp3) is 0.857. The maximum absolute atomic E-state index is 10.6. The van der Waals surface area contributed by atoms with Gasteiger partial charge in [0.25, 0.3) is 0 Å². The lowest BCUT2D eigenvalue weighted by atomic mass is 9.73. The van der Waals surface area contributed by atoms with Crippen molar-refractivity contribution in [2.75, 3.05) is 6.61 Å². The second kappa shape index (κ2) is 4.79. The molecule has 0 aromatic carbocycles. The first-order valence-electron chi connectivity index (χ1n) is 6.67. The van der Waals surface area contributed by atoms with E-state index in [-0.39, 0.29) is 0 Å². The second-order valence-corrected chi connectivity index (χ2v) is 5.67. The van der Waals surface area contributed by atoms with Crippen molar-refractivity contribution >= 4 is 0 Å². The van der Waals surface area contributed by atoms with E-state index in [9.17, 15) is 5.11 Å². The average molecular weight is 224 g/mol. The molecule has 1 aliphatic carbocycles. The molecule has 1 heterocycles. The monoisotopic (exact) mass is 224 g/mol. The summed E-state index contributed by atoms with van der Waals surface area (Å²) >= 11 is 0. The van der Waals surface area contributed by atoms with Crippen LogP contribution in [0.4, 0.5) is 0 Å². The molecular weight excluding hydrogens is 200 g/mol. The summed E-state index contributed by atoms with van der Waals surface area (Å²) in [6.07, 6.45) is 8.27. The standard InChI is InChI=1S/C14H24O2/c1-11(2)12-6-8-14(15,9-7-12)13-5-3-4-10-16-13/h5,11-12,15H,3-4,6-10H2,1-2H3. The van der Waals surface area contributed by atoms with Crippen molar-refractivity contribution in [3.05, 3.63) is 11.8 Å². The highest BCUT2D eigenvalue weighted by Crippen LogP contribution is 2.40. The van der Waals surface area contributed by atoms with Gasteiger partial charge in [0.05, 0.1) is 6.61 Å². The van der Waals surface area contributed by atoms with Crippen molar-refractivity contribution in [3.8, 4) is 0 Å². The van der Waals surface area contributed by atoms with Gasteiger partial charge in [0.2, 0.25) is 0 Å². The molecule has 1 saturated carbocycles. The predicted octanol–water partition coefficient (Wildman–Crippen LogP) is 3.26. The SMILES string of the molecule is CC(C)C1CCC(O)(C2=CCCCO2)CC1. The molecule has 92 valence electrons. The normalized spacial score (nSPS) is 35.8. The Hall–Kier alpha value is -0.500. The van der Waals surface area contributed by atoms with Gasteiger partial charge in [0.1, 0.15) is 11.4 Å². The molecule has 0 atom stereocenters. The molecular formula is C14H24O2. The lowest BCUT2D eigenvalue weighted by Gasteiger charge is -2.39. The highest BCUT2D eigenvalue weighted by Gasteiger charge is 2.38. The quantitative estimate of drug-likeness (QED) is 0.780. The smallest absolute Gasteiger partial charge is 0.124 e. The highest BCUT2D eigenvalue weighted by atomic mass is 16.5. The molecule has 0 saturated heterocycles. The largest absolute Gasteiger partial charge is 0.495 e. The average Bonchev–Trinajstić information content (AvgIpc) is 2.31. The molecule has 2 aliphatic rings. The number of allylic oxidation sites excluding steroid dienone is 1. The second-order valence-electron chi connectivity index (χ2n) is 5.67. The minimum Gasteiger partial charge on any atom is -0.495 e. The van der Waals surface area contributed by atoms with Gasteiger partial charge in [-0.2, -0.15) is 0 Å². The van der Waals surface area contributed by atoms with Gasteiger partial charge in [-0.1, -0.05) is 13.8 Å². The van der Waals surface area contributed by atoms with Gasteiger partial charge in [0, 0.05) is 0 Å². The molecule has 2 rings (SSSR count). The van der Waals surface area contributed by atoms with Gasteiger partial charge >= 0.3 is 0 Å². The summed E-state index contributed by atoms with van der Waals surface area (Å²) in [5.74, 6) is 2.39. The summed E-state index contributed by atoms with van der Waals surface area (Å²) < 4.78 is 5.63. The molecule has 2 heteroatoms. The number of ether oxygens (including phenoxy) is 1. The Labute approximate surface area is 98.7 Å². The predicted molar refractivity (Wildman–Crippen MR) is 65.0 cm³/mol. The highest BCUT2D eigenvalue weighted by molar-refractivity contribution is 5.13. The topological polar surface area (TPSA) is 29.5 Å². The maximum atomic E-state index is 10.6. The number of hydrogen-bond acceptors (Lipinski definition) is 2. The van der Waals surface area contributed by atoms with Crippen LogP contribution in [0.3, 0.4) is 0 Å². The third kappa shape index (κ3) is 2.42. The van der Waals surface area contributed by atoms with E-state index < -0.39 is 5.60 Å². The zero-order valence-electron chi connectivity index (χ0n) is 10.5. The first-order chi connectivity index (χ1) is 7.62. The number of hydrogen-bond donors (Lipinski definition) is 1. The first-order valence-corrected chi connectivity index (χ1v) is 6.67. The summed E-state index contributed by atoms with van der Waals surface area (Å²) in [4.78, 5) is 0. The Morgan fingerprint density at radius 1 is 1.38 bits per heavy atom. The molecule has 0 radical (unpaired) electrons. The van der Waals surface area contributed by atoms with Crippen molar-refractivity contribution < 1.29 is 9.84 Å². The number of aliphatic hydroxyl groups is 1. The zero-order chi connectivity index (χ0) is 11.6. The van der Waals surface area contributed by atoms with Gasteiger partial charge in [-0.05, 0) is 56.4 Å². The van der Waals surface area contributed by atoms with E-state index in [4.69, 9.17) is 4.74 Å². The van der Waals surface area contributed by atoms with E-state index in [2.05, 4.69) is 19.9 Å². The van der Waals surface area contributed by atoms with Gasteiger partial charge in [-0.25, -0.2) is 0 Å². The lowest BCUT2D eigenvalue weighted by Crippen LogP contribution is -2.38. The van der Waals surface area contributed by atoms with Crippen LogP contribution < -0.4 is 0 Å². The molecule has 16 heavy (non-hydrogen) atoms.